The monoisotopic (exact) mass is 339 g/mol. The summed E-state index contributed by atoms with van der Waals surface area (Å²) in [5.41, 5.74) is 8.28. The summed E-state index contributed by atoms with van der Waals surface area (Å²) < 4.78 is 0. The van der Waals surface area contributed by atoms with Crippen LogP contribution in [0.5, 0.6) is 0 Å². The summed E-state index contributed by atoms with van der Waals surface area (Å²) >= 11 is 0. The number of anilines is 1. The molecule has 0 unspecified atom stereocenters. The quantitative estimate of drug-likeness (QED) is 0.913. The number of fused-ring (bicyclic) bond motifs is 1. The molecule has 1 aromatic carbocycles. The number of nitrogens with zero attached hydrogens (tertiary/aromatic N) is 2. The lowest BCUT2D eigenvalue weighted by atomic mass is 9.93. The first-order chi connectivity index (χ1) is 10.2. The Kier molecular flexibility index (Phi) is 6.19. The van der Waals surface area contributed by atoms with Crippen molar-refractivity contribution in [2.75, 3.05) is 31.6 Å². The smallest absolute Gasteiger partial charge is 0.253 e. The zero-order valence-corrected chi connectivity index (χ0v) is 15.1. The lowest BCUT2D eigenvalue weighted by Crippen LogP contribution is -2.39. The van der Waals surface area contributed by atoms with E-state index in [1.807, 2.05) is 26.0 Å². The molecule has 5 nitrogen and oxygen atoms in total. The highest BCUT2D eigenvalue weighted by molar-refractivity contribution is 5.97. The minimum Gasteiger partial charge on any atom is -0.341 e. The van der Waals surface area contributed by atoms with Gasteiger partial charge in [0.05, 0.1) is 0 Å². The van der Waals surface area contributed by atoms with Crippen LogP contribution in [0.1, 0.15) is 36.7 Å². The van der Waals surface area contributed by atoms with E-state index in [1.165, 1.54) is 0 Å². The summed E-state index contributed by atoms with van der Waals surface area (Å²) in [4.78, 5) is 27.6. The second-order valence-electron chi connectivity index (χ2n) is 6.79. The Morgan fingerprint density at radius 1 is 1.35 bits per heavy atom. The maximum atomic E-state index is 12.6. The van der Waals surface area contributed by atoms with Crippen LogP contribution in [0.15, 0.2) is 18.2 Å². The highest BCUT2D eigenvalue weighted by atomic mass is 35.5. The van der Waals surface area contributed by atoms with Crippen molar-refractivity contribution in [1.29, 1.82) is 0 Å². The van der Waals surface area contributed by atoms with Gasteiger partial charge in [-0.05, 0) is 42.1 Å². The molecule has 2 N–H and O–H groups in total. The van der Waals surface area contributed by atoms with E-state index < -0.39 is 0 Å². The Morgan fingerprint density at radius 3 is 2.57 bits per heavy atom. The summed E-state index contributed by atoms with van der Waals surface area (Å²) in [7, 11) is 1.80. The average Bonchev–Trinajstić information content (AvgIpc) is 2.89. The second-order valence-corrected chi connectivity index (χ2v) is 6.79. The number of nitrogens with two attached hydrogens (primary N) is 1. The second kappa shape index (κ2) is 7.32. The Bertz CT molecular complexity index is 602. The normalized spacial score (nSPS) is 13.3. The van der Waals surface area contributed by atoms with Crippen LogP contribution in [0.4, 0.5) is 5.69 Å². The largest absolute Gasteiger partial charge is 0.341 e. The molecule has 0 atom stereocenters. The van der Waals surface area contributed by atoms with Gasteiger partial charge in [-0.1, -0.05) is 13.8 Å². The fraction of sp³-hybridized carbons (Fsp3) is 0.529. The van der Waals surface area contributed by atoms with Crippen LogP contribution in [0.25, 0.3) is 0 Å². The van der Waals surface area contributed by atoms with Crippen LogP contribution >= 0.6 is 12.4 Å². The standard InChI is InChI=1S/C17H25N3O2.ClH/c1-12(21)20-8-7-13-9-14(5-6-15(13)20)16(22)19(4)11-17(2,3)10-18;/h5-6,9H,7-8,10-11,18H2,1-4H3;1H. The van der Waals surface area contributed by atoms with Gasteiger partial charge in [-0.3, -0.25) is 9.59 Å². The number of carbonyl (C=O) groups is 2. The van der Waals surface area contributed by atoms with E-state index in [4.69, 9.17) is 5.73 Å². The molecule has 0 bridgehead atoms. The molecular formula is C17H26ClN3O2. The van der Waals surface area contributed by atoms with Gasteiger partial charge >= 0.3 is 0 Å². The molecule has 23 heavy (non-hydrogen) atoms. The van der Waals surface area contributed by atoms with E-state index in [-0.39, 0.29) is 29.6 Å². The first kappa shape index (κ1) is 19.5. The molecule has 6 heteroatoms. The van der Waals surface area contributed by atoms with E-state index in [9.17, 15) is 9.59 Å². The average molecular weight is 340 g/mol. The molecule has 1 aromatic rings. The molecule has 1 aliphatic heterocycles. The van der Waals surface area contributed by atoms with Gasteiger partial charge < -0.3 is 15.5 Å². The molecule has 0 aliphatic carbocycles. The molecular weight excluding hydrogens is 314 g/mol. The Labute approximate surface area is 144 Å². The van der Waals surface area contributed by atoms with Gasteiger partial charge in [-0.2, -0.15) is 0 Å². The van der Waals surface area contributed by atoms with Crippen LogP contribution in [0.3, 0.4) is 0 Å². The highest BCUT2D eigenvalue weighted by Gasteiger charge is 2.25. The fourth-order valence-corrected chi connectivity index (χ4v) is 2.86. The van der Waals surface area contributed by atoms with Crippen molar-refractivity contribution >= 4 is 29.9 Å². The molecule has 128 valence electrons. The fourth-order valence-electron chi connectivity index (χ4n) is 2.86. The molecule has 1 heterocycles. The third-order valence-corrected chi connectivity index (χ3v) is 4.17. The van der Waals surface area contributed by atoms with Crippen LogP contribution in [0.2, 0.25) is 0 Å². The first-order valence-electron chi connectivity index (χ1n) is 7.62. The molecule has 0 fully saturated rings. The van der Waals surface area contributed by atoms with E-state index >= 15 is 0 Å². The maximum absolute atomic E-state index is 12.6. The maximum Gasteiger partial charge on any atom is 0.253 e. The van der Waals surface area contributed by atoms with Crippen molar-refractivity contribution in [3.8, 4) is 0 Å². The highest BCUT2D eigenvalue weighted by Crippen LogP contribution is 2.29. The lowest BCUT2D eigenvalue weighted by molar-refractivity contribution is -0.116. The predicted molar refractivity (Wildman–Crippen MR) is 95.2 cm³/mol. The lowest BCUT2D eigenvalue weighted by Gasteiger charge is -2.29. The van der Waals surface area contributed by atoms with Gasteiger partial charge in [-0.25, -0.2) is 0 Å². The molecule has 0 spiro atoms. The van der Waals surface area contributed by atoms with E-state index in [0.29, 0.717) is 25.2 Å². The minimum atomic E-state index is -0.105. The van der Waals surface area contributed by atoms with Gasteiger partial charge in [0.25, 0.3) is 5.91 Å². The first-order valence-corrected chi connectivity index (χ1v) is 7.62. The van der Waals surface area contributed by atoms with Crippen LogP contribution in [-0.4, -0.2) is 43.4 Å². The van der Waals surface area contributed by atoms with Crippen molar-refractivity contribution in [3.63, 3.8) is 0 Å². The summed E-state index contributed by atoms with van der Waals surface area (Å²) in [6.07, 6.45) is 0.800. The summed E-state index contributed by atoms with van der Waals surface area (Å²) in [6, 6.07) is 5.58. The number of hydrogen-bond donors (Lipinski definition) is 1. The number of amides is 2. The number of carbonyl (C=O) groups excluding carboxylic acids is 2. The van der Waals surface area contributed by atoms with Gasteiger partial charge in [0.15, 0.2) is 0 Å². The third-order valence-electron chi connectivity index (χ3n) is 4.17. The summed E-state index contributed by atoms with van der Waals surface area (Å²) in [5, 5.41) is 0. The summed E-state index contributed by atoms with van der Waals surface area (Å²) in [6.45, 7) is 7.49. The van der Waals surface area contributed by atoms with Crippen LogP contribution in [0, 0.1) is 5.41 Å². The molecule has 0 radical (unpaired) electrons. The zero-order chi connectivity index (χ0) is 16.5. The number of benzene rings is 1. The minimum absolute atomic E-state index is 0. The van der Waals surface area contributed by atoms with Crippen molar-refractivity contribution in [1.82, 2.24) is 4.90 Å². The molecule has 2 amide bonds. The number of halogens is 1. The van der Waals surface area contributed by atoms with Gasteiger partial charge in [0.1, 0.15) is 0 Å². The predicted octanol–water partition coefficient (Wildman–Crippen LogP) is 2.07. The van der Waals surface area contributed by atoms with Gasteiger partial charge in [0, 0.05) is 38.3 Å². The third kappa shape index (κ3) is 4.24. The van der Waals surface area contributed by atoms with E-state index in [1.54, 1.807) is 29.8 Å². The van der Waals surface area contributed by atoms with E-state index in [2.05, 4.69) is 0 Å². The van der Waals surface area contributed by atoms with Crippen molar-refractivity contribution in [2.45, 2.75) is 27.2 Å². The van der Waals surface area contributed by atoms with Gasteiger partial charge in [-0.15, -0.1) is 12.4 Å². The SMILES string of the molecule is CC(=O)N1CCc2cc(C(=O)N(C)CC(C)(C)CN)ccc21.Cl. The van der Waals surface area contributed by atoms with Crippen LogP contribution in [-0.2, 0) is 11.2 Å². The zero-order valence-electron chi connectivity index (χ0n) is 14.3. The number of hydrogen-bond acceptors (Lipinski definition) is 3. The molecule has 0 aromatic heterocycles. The Morgan fingerprint density at radius 2 is 2.00 bits per heavy atom. The van der Waals surface area contributed by atoms with E-state index in [0.717, 1.165) is 17.7 Å². The van der Waals surface area contributed by atoms with Crippen molar-refractivity contribution < 1.29 is 9.59 Å². The molecule has 0 saturated heterocycles. The number of rotatable bonds is 4. The molecule has 1 aliphatic rings. The topological polar surface area (TPSA) is 66.6 Å². The Hall–Kier alpha value is -1.59. The molecule has 2 rings (SSSR count). The summed E-state index contributed by atoms with van der Waals surface area (Å²) in [5.74, 6) is 0.0326. The van der Waals surface area contributed by atoms with Crippen molar-refractivity contribution in [2.24, 2.45) is 11.1 Å². The van der Waals surface area contributed by atoms with Gasteiger partial charge in [0.2, 0.25) is 5.91 Å². The molecule has 0 saturated carbocycles. The Balaban J connectivity index is 0.00000264. The van der Waals surface area contributed by atoms with Crippen molar-refractivity contribution in [3.05, 3.63) is 29.3 Å². The van der Waals surface area contributed by atoms with Crippen LogP contribution < -0.4 is 10.6 Å².